The molecule has 2 N–H and O–H groups in total. The van der Waals surface area contributed by atoms with Gasteiger partial charge >= 0.3 is 0 Å². The SMILES string of the molecule is O=C1NCCCc2[nH]c(-c3csc(Cc4ccccc4)n3)nc21. The lowest BCUT2D eigenvalue weighted by molar-refractivity contribution is 0.0951. The Morgan fingerprint density at radius 1 is 1.17 bits per heavy atom. The summed E-state index contributed by atoms with van der Waals surface area (Å²) in [6.45, 7) is 0.705. The first-order valence-electron chi connectivity index (χ1n) is 7.65. The Kier molecular flexibility index (Phi) is 3.67. The fourth-order valence-corrected chi connectivity index (χ4v) is 3.53. The first-order chi connectivity index (χ1) is 11.3. The Morgan fingerprint density at radius 2 is 2.04 bits per heavy atom. The van der Waals surface area contributed by atoms with Crippen LogP contribution in [0.5, 0.6) is 0 Å². The molecular formula is C17H16N4OS. The molecule has 0 atom stereocenters. The van der Waals surface area contributed by atoms with E-state index in [2.05, 4.69) is 32.4 Å². The van der Waals surface area contributed by atoms with Gasteiger partial charge in [0, 0.05) is 24.0 Å². The number of hydrogen-bond donors (Lipinski definition) is 2. The third-order valence-corrected chi connectivity index (χ3v) is 4.72. The van der Waals surface area contributed by atoms with Crippen LogP contribution in [0.1, 0.15) is 33.2 Å². The zero-order valence-corrected chi connectivity index (χ0v) is 13.3. The van der Waals surface area contributed by atoms with Gasteiger partial charge in [-0.15, -0.1) is 11.3 Å². The molecule has 0 aliphatic carbocycles. The van der Waals surface area contributed by atoms with E-state index in [0.717, 1.165) is 35.7 Å². The van der Waals surface area contributed by atoms with Crippen LogP contribution in [0.4, 0.5) is 0 Å². The molecule has 1 aromatic carbocycles. The minimum atomic E-state index is -0.0975. The molecule has 0 radical (unpaired) electrons. The van der Waals surface area contributed by atoms with Crippen molar-refractivity contribution in [1.82, 2.24) is 20.3 Å². The van der Waals surface area contributed by atoms with Gasteiger partial charge in [-0.3, -0.25) is 4.79 Å². The molecule has 0 bridgehead atoms. The van der Waals surface area contributed by atoms with Crippen molar-refractivity contribution in [2.45, 2.75) is 19.3 Å². The highest BCUT2D eigenvalue weighted by Crippen LogP contribution is 2.23. The molecule has 0 unspecified atom stereocenters. The summed E-state index contributed by atoms with van der Waals surface area (Å²) < 4.78 is 0. The van der Waals surface area contributed by atoms with Gasteiger partial charge in [0.15, 0.2) is 5.82 Å². The van der Waals surface area contributed by atoms with Crippen LogP contribution < -0.4 is 5.32 Å². The van der Waals surface area contributed by atoms with Crippen molar-refractivity contribution in [3.05, 3.63) is 57.7 Å². The van der Waals surface area contributed by atoms with Gasteiger partial charge in [-0.1, -0.05) is 30.3 Å². The van der Waals surface area contributed by atoms with Crippen molar-refractivity contribution in [2.75, 3.05) is 6.54 Å². The minimum Gasteiger partial charge on any atom is -0.351 e. The van der Waals surface area contributed by atoms with Gasteiger partial charge in [0.2, 0.25) is 0 Å². The average molecular weight is 324 g/mol. The van der Waals surface area contributed by atoms with E-state index in [1.54, 1.807) is 11.3 Å². The second-order valence-corrected chi connectivity index (χ2v) is 6.50. The predicted molar refractivity (Wildman–Crippen MR) is 89.6 cm³/mol. The van der Waals surface area contributed by atoms with Crippen molar-refractivity contribution in [2.24, 2.45) is 0 Å². The topological polar surface area (TPSA) is 70.7 Å². The van der Waals surface area contributed by atoms with Crippen molar-refractivity contribution < 1.29 is 4.79 Å². The molecule has 1 amide bonds. The van der Waals surface area contributed by atoms with Crippen LogP contribution in [-0.4, -0.2) is 27.4 Å². The van der Waals surface area contributed by atoms with E-state index >= 15 is 0 Å². The maximum atomic E-state index is 12.0. The Hall–Kier alpha value is -2.47. The average Bonchev–Trinajstić information content (AvgIpc) is 3.16. The van der Waals surface area contributed by atoms with E-state index < -0.39 is 0 Å². The summed E-state index contributed by atoms with van der Waals surface area (Å²) >= 11 is 1.62. The number of rotatable bonds is 3. The number of carbonyl (C=O) groups excluding carboxylic acids is 1. The van der Waals surface area contributed by atoms with Gasteiger partial charge in [0.1, 0.15) is 11.4 Å². The van der Waals surface area contributed by atoms with Crippen LogP contribution in [0.3, 0.4) is 0 Å². The zero-order chi connectivity index (χ0) is 15.6. The Bertz CT molecular complexity index is 837. The Balaban J connectivity index is 1.60. The number of hydrogen-bond acceptors (Lipinski definition) is 4. The molecular weight excluding hydrogens is 308 g/mol. The molecule has 116 valence electrons. The number of carbonyl (C=O) groups is 1. The molecule has 0 fully saturated rings. The summed E-state index contributed by atoms with van der Waals surface area (Å²) in [6, 6.07) is 10.3. The third-order valence-electron chi connectivity index (χ3n) is 3.88. The normalized spacial score (nSPS) is 14.2. The van der Waals surface area contributed by atoms with E-state index in [1.165, 1.54) is 5.56 Å². The van der Waals surface area contributed by atoms with Crippen molar-refractivity contribution in [3.8, 4) is 11.5 Å². The lowest BCUT2D eigenvalue weighted by Crippen LogP contribution is -2.23. The van der Waals surface area contributed by atoms with E-state index in [4.69, 9.17) is 0 Å². The second kappa shape index (κ2) is 5.96. The maximum absolute atomic E-state index is 12.0. The van der Waals surface area contributed by atoms with Gasteiger partial charge in [0.25, 0.3) is 5.91 Å². The smallest absolute Gasteiger partial charge is 0.271 e. The molecule has 3 aromatic rings. The lowest BCUT2D eigenvalue weighted by Gasteiger charge is -1.97. The first kappa shape index (κ1) is 14.1. The Morgan fingerprint density at radius 3 is 2.91 bits per heavy atom. The quantitative estimate of drug-likeness (QED) is 0.778. The highest BCUT2D eigenvalue weighted by molar-refractivity contribution is 7.10. The Labute approximate surface area is 137 Å². The number of H-pyrrole nitrogens is 1. The number of aromatic amines is 1. The zero-order valence-electron chi connectivity index (χ0n) is 12.5. The molecule has 5 nitrogen and oxygen atoms in total. The van der Waals surface area contributed by atoms with Gasteiger partial charge in [-0.25, -0.2) is 9.97 Å². The van der Waals surface area contributed by atoms with Crippen LogP contribution in [0.15, 0.2) is 35.7 Å². The summed E-state index contributed by atoms with van der Waals surface area (Å²) in [5.41, 5.74) is 3.47. The molecule has 2 aromatic heterocycles. The van der Waals surface area contributed by atoms with Crippen LogP contribution in [0.2, 0.25) is 0 Å². The minimum absolute atomic E-state index is 0.0975. The number of benzene rings is 1. The number of fused-ring (bicyclic) bond motifs is 1. The fraction of sp³-hybridized carbons (Fsp3) is 0.235. The van der Waals surface area contributed by atoms with Crippen molar-refractivity contribution >= 4 is 17.2 Å². The number of imidazole rings is 1. The number of nitrogens with one attached hydrogen (secondary N) is 2. The number of aryl methyl sites for hydroxylation is 1. The van der Waals surface area contributed by atoms with Gasteiger partial charge in [-0.2, -0.15) is 0 Å². The second-order valence-electron chi connectivity index (χ2n) is 5.56. The molecule has 3 heterocycles. The van der Waals surface area contributed by atoms with Crippen LogP contribution >= 0.6 is 11.3 Å². The standard InChI is InChI=1S/C17H16N4OS/c22-17-15-12(7-4-8-18-17)20-16(21-15)13-10-23-14(19-13)9-11-5-2-1-3-6-11/h1-3,5-6,10H,4,7-9H2,(H,18,22)(H,20,21). The predicted octanol–water partition coefficient (Wildman–Crippen LogP) is 2.80. The van der Waals surface area contributed by atoms with E-state index in [-0.39, 0.29) is 5.91 Å². The summed E-state index contributed by atoms with van der Waals surface area (Å²) in [4.78, 5) is 24.4. The molecule has 1 aliphatic rings. The van der Waals surface area contributed by atoms with Gasteiger partial charge < -0.3 is 10.3 Å². The maximum Gasteiger partial charge on any atom is 0.271 e. The van der Waals surface area contributed by atoms with Crippen LogP contribution in [0.25, 0.3) is 11.5 Å². The summed E-state index contributed by atoms with van der Waals surface area (Å²) in [5, 5.41) is 5.90. The highest BCUT2D eigenvalue weighted by atomic mass is 32.1. The molecule has 4 rings (SSSR count). The fourth-order valence-electron chi connectivity index (χ4n) is 2.72. The summed E-state index contributed by atoms with van der Waals surface area (Å²) in [6.07, 6.45) is 2.57. The monoisotopic (exact) mass is 324 g/mol. The number of aromatic nitrogens is 3. The third kappa shape index (κ3) is 2.90. The van der Waals surface area contributed by atoms with Crippen LogP contribution in [0, 0.1) is 0 Å². The van der Waals surface area contributed by atoms with E-state index in [0.29, 0.717) is 18.1 Å². The largest absolute Gasteiger partial charge is 0.351 e. The molecule has 23 heavy (non-hydrogen) atoms. The van der Waals surface area contributed by atoms with E-state index in [9.17, 15) is 4.79 Å². The molecule has 0 saturated carbocycles. The number of amides is 1. The highest BCUT2D eigenvalue weighted by Gasteiger charge is 2.21. The van der Waals surface area contributed by atoms with Crippen molar-refractivity contribution in [1.29, 1.82) is 0 Å². The van der Waals surface area contributed by atoms with Crippen LogP contribution in [-0.2, 0) is 12.8 Å². The summed E-state index contributed by atoms with van der Waals surface area (Å²) in [5.74, 6) is 0.586. The number of nitrogens with zero attached hydrogens (tertiary/aromatic N) is 2. The number of thiazole rings is 1. The molecule has 0 saturated heterocycles. The van der Waals surface area contributed by atoms with Gasteiger partial charge in [-0.05, 0) is 18.4 Å². The van der Waals surface area contributed by atoms with E-state index in [1.807, 2.05) is 23.6 Å². The first-order valence-corrected chi connectivity index (χ1v) is 8.53. The molecule has 6 heteroatoms. The lowest BCUT2D eigenvalue weighted by atomic mass is 10.2. The van der Waals surface area contributed by atoms with Gasteiger partial charge in [0.05, 0.1) is 5.01 Å². The van der Waals surface area contributed by atoms with Crippen molar-refractivity contribution in [3.63, 3.8) is 0 Å². The molecule has 0 spiro atoms. The molecule has 1 aliphatic heterocycles. The summed E-state index contributed by atoms with van der Waals surface area (Å²) in [7, 11) is 0.